The van der Waals surface area contributed by atoms with Crippen LogP contribution in [0.1, 0.15) is 5.56 Å². The van der Waals surface area contributed by atoms with Crippen LogP contribution in [0.2, 0.25) is 0 Å². The van der Waals surface area contributed by atoms with Crippen molar-refractivity contribution in [3.8, 4) is 5.75 Å². The molecule has 128 valence electrons. The summed E-state index contributed by atoms with van der Waals surface area (Å²) < 4.78 is 53.9. The summed E-state index contributed by atoms with van der Waals surface area (Å²) in [6.07, 6.45) is 0. The quantitative estimate of drug-likeness (QED) is 0.865. The van der Waals surface area contributed by atoms with E-state index >= 15 is 0 Å². The van der Waals surface area contributed by atoms with E-state index < -0.39 is 26.4 Å². The fourth-order valence-corrected chi connectivity index (χ4v) is 2.77. The monoisotopic (exact) mass is 355 g/mol. The van der Waals surface area contributed by atoms with Crippen molar-refractivity contribution < 1.29 is 26.7 Å². The molecule has 2 rings (SSSR count). The number of hydrogen-bond acceptors (Lipinski definition) is 4. The van der Waals surface area contributed by atoms with E-state index in [1.54, 1.807) is 24.3 Å². The second kappa shape index (κ2) is 7.39. The SMILES string of the molecule is Cc1ccc(OCC(=O)Nc2ccccc2S(=O)(=O)C(F)F)cc1. The highest BCUT2D eigenvalue weighted by Crippen LogP contribution is 2.26. The maximum atomic E-state index is 12.7. The van der Waals surface area contributed by atoms with Gasteiger partial charge >= 0.3 is 5.76 Å². The molecule has 0 aromatic heterocycles. The summed E-state index contributed by atoms with van der Waals surface area (Å²) in [4.78, 5) is 11.2. The molecule has 1 amide bonds. The number of halogens is 2. The van der Waals surface area contributed by atoms with Crippen LogP contribution in [0.5, 0.6) is 5.75 Å². The van der Waals surface area contributed by atoms with Crippen molar-refractivity contribution >= 4 is 21.4 Å². The molecular formula is C16H15F2NO4S. The first-order valence-corrected chi connectivity index (χ1v) is 8.46. The molecule has 0 aliphatic rings. The number of hydrogen-bond donors (Lipinski definition) is 1. The van der Waals surface area contributed by atoms with Crippen LogP contribution >= 0.6 is 0 Å². The first-order valence-electron chi connectivity index (χ1n) is 6.91. The Bertz CT molecular complexity index is 820. The lowest BCUT2D eigenvalue weighted by molar-refractivity contribution is -0.118. The normalized spacial score (nSPS) is 11.3. The molecular weight excluding hydrogens is 340 g/mol. The van der Waals surface area contributed by atoms with Crippen LogP contribution in [0, 0.1) is 6.92 Å². The molecule has 0 spiro atoms. The van der Waals surface area contributed by atoms with Gasteiger partial charge in [0.05, 0.1) is 10.6 Å². The molecule has 0 aliphatic heterocycles. The summed E-state index contributed by atoms with van der Waals surface area (Å²) in [6.45, 7) is 1.52. The van der Waals surface area contributed by atoms with E-state index in [4.69, 9.17) is 4.74 Å². The predicted molar refractivity (Wildman–Crippen MR) is 84.9 cm³/mol. The Kier molecular flexibility index (Phi) is 5.50. The molecule has 24 heavy (non-hydrogen) atoms. The fraction of sp³-hybridized carbons (Fsp3) is 0.188. The van der Waals surface area contributed by atoms with Crippen LogP contribution in [-0.2, 0) is 14.6 Å². The lowest BCUT2D eigenvalue weighted by atomic mass is 10.2. The van der Waals surface area contributed by atoms with Crippen LogP contribution in [0.4, 0.5) is 14.5 Å². The van der Waals surface area contributed by atoms with E-state index in [-0.39, 0.29) is 12.3 Å². The molecule has 0 bridgehead atoms. The fourth-order valence-electron chi connectivity index (χ4n) is 1.88. The molecule has 8 heteroatoms. The van der Waals surface area contributed by atoms with Crippen LogP contribution in [0.25, 0.3) is 0 Å². The van der Waals surface area contributed by atoms with Crippen molar-refractivity contribution in [3.05, 3.63) is 54.1 Å². The molecule has 0 fully saturated rings. The Hall–Kier alpha value is -2.48. The molecule has 0 atom stereocenters. The molecule has 5 nitrogen and oxygen atoms in total. The summed E-state index contributed by atoms with van der Waals surface area (Å²) in [6, 6.07) is 11.9. The van der Waals surface area contributed by atoms with Crippen molar-refractivity contribution in [1.29, 1.82) is 0 Å². The van der Waals surface area contributed by atoms with E-state index in [1.807, 2.05) is 6.92 Å². The average Bonchev–Trinajstić information content (AvgIpc) is 2.54. The first-order chi connectivity index (χ1) is 11.3. The van der Waals surface area contributed by atoms with Crippen molar-refractivity contribution in [1.82, 2.24) is 0 Å². The minimum absolute atomic E-state index is 0.213. The molecule has 0 radical (unpaired) electrons. The Morgan fingerprint density at radius 1 is 1.12 bits per heavy atom. The number of para-hydroxylation sites is 1. The predicted octanol–water partition coefficient (Wildman–Crippen LogP) is 3.01. The van der Waals surface area contributed by atoms with Gasteiger partial charge in [-0.15, -0.1) is 0 Å². The number of sulfone groups is 1. The summed E-state index contributed by atoms with van der Waals surface area (Å²) in [5.74, 6) is -3.77. The van der Waals surface area contributed by atoms with Gasteiger partial charge in [-0.3, -0.25) is 4.79 Å². The highest BCUT2D eigenvalue weighted by Gasteiger charge is 2.29. The lowest BCUT2D eigenvalue weighted by Gasteiger charge is -2.12. The van der Waals surface area contributed by atoms with Gasteiger partial charge in [0.15, 0.2) is 6.61 Å². The number of anilines is 1. The molecule has 0 saturated carbocycles. The summed E-state index contributed by atoms with van der Waals surface area (Å²) in [7, 11) is -4.81. The first kappa shape index (κ1) is 17.9. The number of nitrogens with one attached hydrogen (secondary N) is 1. The topological polar surface area (TPSA) is 72.5 Å². The zero-order valence-corrected chi connectivity index (χ0v) is 13.5. The number of benzene rings is 2. The number of carbonyl (C=O) groups is 1. The Balaban J connectivity index is 2.08. The molecule has 0 unspecified atom stereocenters. The van der Waals surface area contributed by atoms with Gasteiger partial charge in [-0.1, -0.05) is 29.8 Å². The molecule has 0 heterocycles. The van der Waals surface area contributed by atoms with Gasteiger partial charge in [0.2, 0.25) is 9.84 Å². The number of rotatable bonds is 6. The van der Waals surface area contributed by atoms with E-state index in [2.05, 4.69) is 5.32 Å². The highest BCUT2D eigenvalue weighted by atomic mass is 32.2. The number of carbonyl (C=O) groups excluding carboxylic acids is 1. The second-order valence-corrected chi connectivity index (χ2v) is 6.84. The van der Waals surface area contributed by atoms with Gasteiger partial charge in [-0.05, 0) is 31.2 Å². The van der Waals surface area contributed by atoms with Crippen molar-refractivity contribution in [2.24, 2.45) is 0 Å². The standard InChI is InChI=1S/C16H15F2NO4S/c1-11-6-8-12(9-7-11)23-10-15(20)19-13-4-2-3-5-14(13)24(21,22)16(17)18/h2-9,16H,10H2,1H3,(H,19,20). The maximum Gasteiger partial charge on any atom is 0.341 e. The summed E-state index contributed by atoms with van der Waals surface area (Å²) in [5.41, 5.74) is 0.813. The highest BCUT2D eigenvalue weighted by molar-refractivity contribution is 7.91. The lowest BCUT2D eigenvalue weighted by Crippen LogP contribution is -2.22. The van der Waals surface area contributed by atoms with E-state index in [9.17, 15) is 22.0 Å². The molecule has 0 aliphatic carbocycles. The Morgan fingerprint density at radius 2 is 1.75 bits per heavy atom. The minimum Gasteiger partial charge on any atom is -0.484 e. The van der Waals surface area contributed by atoms with E-state index in [0.29, 0.717) is 5.75 Å². The van der Waals surface area contributed by atoms with Gasteiger partial charge in [0.1, 0.15) is 5.75 Å². The van der Waals surface area contributed by atoms with Gasteiger partial charge in [-0.25, -0.2) is 8.42 Å². The molecule has 2 aromatic rings. The van der Waals surface area contributed by atoms with E-state index in [0.717, 1.165) is 11.6 Å². The van der Waals surface area contributed by atoms with Crippen LogP contribution in [0.15, 0.2) is 53.4 Å². The van der Waals surface area contributed by atoms with Crippen molar-refractivity contribution in [3.63, 3.8) is 0 Å². The van der Waals surface area contributed by atoms with Crippen molar-refractivity contribution in [2.45, 2.75) is 17.6 Å². The smallest absolute Gasteiger partial charge is 0.341 e. The van der Waals surface area contributed by atoms with Gasteiger partial charge in [-0.2, -0.15) is 8.78 Å². The number of aryl methyl sites for hydroxylation is 1. The number of amides is 1. The zero-order valence-electron chi connectivity index (χ0n) is 12.7. The summed E-state index contributed by atoms with van der Waals surface area (Å²) in [5, 5.41) is 2.28. The van der Waals surface area contributed by atoms with Crippen LogP contribution in [-0.4, -0.2) is 26.7 Å². The number of ether oxygens (including phenoxy) is 1. The van der Waals surface area contributed by atoms with Gasteiger partial charge in [0.25, 0.3) is 5.91 Å². The zero-order chi connectivity index (χ0) is 17.7. The molecule has 1 N–H and O–H groups in total. The summed E-state index contributed by atoms with van der Waals surface area (Å²) >= 11 is 0. The van der Waals surface area contributed by atoms with Crippen LogP contribution < -0.4 is 10.1 Å². The van der Waals surface area contributed by atoms with Crippen LogP contribution in [0.3, 0.4) is 0 Å². The van der Waals surface area contributed by atoms with Crippen molar-refractivity contribution in [2.75, 3.05) is 11.9 Å². The third kappa shape index (κ3) is 4.29. The Labute approximate surface area is 138 Å². The minimum atomic E-state index is -4.81. The van der Waals surface area contributed by atoms with Gasteiger partial charge in [0, 0.05) is 0 Å². The average molecular weight is 355 g/mol. The third-order valence-corrected chi connectivity index (χ3v) is 4.53. The molecule has 0 saturated heterocycles. The Morgan fingerprint density at radius 3 is 2.38 bits per heavy atom. The third-order valence-electron chi connectivity index (χ3n) is 3.09. The maximum absolute atomic E-state index is 12.7. The number of alkyl halides is 2. The van der Waals surface area contributed by atoms with E-state index in [1.165, 1.54) is 18.2 Å². The van der Waals surface area contributed by atoms with Gasteiger partial charge < -0.3 is 10.1 Å². The molecule has 2 aromatic carbocycles. The second-order valence-electron chi connectivity index (χ2n) is 4.95. The largest absolute Gasteiger partial charge is 0.484 e.